The lowest BCUT2D eigenvalue weighted by Crippen LogP contribution is -2.30. The molecule has 6 nitrogen and oxygen atoms in total. The predicted octanol–water partition coefficient (Wildman–Crippen LogP) is 4.25. The van der Waals surface area contributed by atoms with Gasteiger partial charge in [0.15, 0.2) is 11.5 Å². The molecule has 1 amide bonds. The van der Waals surface area contributed by atoms with Gasteiger partial charge in [0.1, 0.15) is 19.0 Å². The largest absolute Gasteiger partial charge is 0.486 e. The number of pyridine rings is 1. The number of nitrogens with zero attached hydrogens (tertiary/aromatic N) is 2. The summed E-state index contributed by atoms with van der Waals surface area (Å²) in [4.78, 5) is 20.1. The first-order valence-electron chi connectivity index (χ1n) is 10.1. The van der Waals surface area contributed by atoms with Gasteiger partial charge < -0.3 is 19.7 Å². The molecule has 1 fully saturated rings. The predicted molar refractivity (Wildman–Crippen MR) is 113 cm³/mol. The molecule has 2 aliphatic heterocycles. The maximum atomic E-state index is 13.0. The summed E-state index contributed by atoms with van der Waals surface area (Å²) >= 11 is 0. The molecule has 1 saturated heterocycles. The summed E-state index contributed by atoms with van der Waals surface area (Å²) in [5.74, 6) is 2.14. The number of benzene rings is 2. The van der Waals surface area contributed by atoms with E-state index in [0.29, 0.717) is 36.0 Å². The number of piperidine rings is 1. The summed E-state index contributed by atoms with van der Waals surface area (Å²) in [6.07, 6.45) is 5.33. The van der Waals surface area contributed by atoms with Gasteiger partial charge in [-0.2, -0.15) is 0 Å². The van der Waals surface area contributed by atoms with Gasteiger partial charge in [-0.25, -0.2) is 4.98 Å². The fourth-order valence-corrected chi connectivity index (χ4v) is 4.04. The Morgan fingerprint density at radius 1 is 0.931 bits per heavy atom. The van der Waals surface area contributed by atoms with E-state index in [1.165, 1.54) is 19.3 Å². The molecule has 0 aliphatic carbocycles. The number of hydrogen-bond acceptors (Lipinski definition) is 5. The Hall–Kier alpha value is -3.28. The first kappa shape index (κ1) is 17.8. The minimum Gasteiger partial charge on any atom is -0.486 e. The molecule has 0 bridgehead atoms. The molecule has 0 saturated carbocycles. The Balaban J connectivity index is 1.46. The van der Waals surface area contributed by atoms with Crippen LogP contribution in [0.5, 0.6) is 11.5 Å². The van der Waals surface area contributed by atoms with E-state index in [9.17, 15) is 4.79 Å². The van der Waals surface area contributed by atoms with Crippen LogP contribution >= 0.6 is 0 Å². The van der Waals surface area contributed by atoms with Gasteiger partial charge in [-0.1, -0.05) is 24.3 Å². The lowest BCUT2D eigenvalue weighted by atomic mass is 10.0. The lowest BCUT2D eigenvalue weighted by Gasteiger charge is -2.29. The Morgan fingerprint density at radius 2 is 1.69 bits per heavy atom. The molecule has 0 unspecified atom stereocenters. The number of fused-ring (bicyclic) bond motifs is 2. The van der Waals surface area contributed by atoms with E-state index >= 15 is 0 Å². The number of aromatic nitrogens is 1. The molecule has 2 aromatic carbocycles. The van der Waals surface area contributed by atoms with Crippen LogP contribution in [-0.2, 0) is 0 Å². The lowest BCUT2D eigenvalue weighted by molar-refractivity contribution is 0.102. The van der Waals surface area contributed by atoms with Crippen molar-refractivity contribution in [1.82, 2.24) is 4.98 Å². The molecule has 29 heavy (non-hydrogen) atoms. The standard InChI is InChI=1S/C23H23N3O3/c27-23(25-16-8-9-20-21(14-16)29-13-12-28-20)19-15-24-22(26-10-4-1-5-11-26)18-7-3-2-6-17(18)19/h2-3,6-9,14-15H,1,4-5,10-13H2,(H,25,27). The highest BCUT2D eigenvalue weighted by Gasteiger charge is 2.19. The zero-order valence-corrected chi connectivity index (χ0v) is 16.2. The van der Waals surface area contributed by atoms with Crippen LogP contribution in [0.15, 0.2) is 48.7 Å². The average molecular weight is 389 g/mol. The smallest absolute Gasteiger partial charge is 0.257 e. The van der Waals surface area contributed by atoms with Crippen molar-refractivity contribution < 1.29 is 14.3 Å². The molecule has 5 rings (SSSR count). The highest BCUT2D eigenvalue weighted by atomic mass is 16.6. The zero-order valence-electron chi connectivity index (χ0n) is 16.2. The monoisotopic (exact) mass is 389 g/mol. The molecule has 3 aromatic rings. The van der Waals surface area contributed by atoms with Crippen molar-refractivity contribution in [3.63, 3.8) is 0 Å². The Labute approximate surface area is 169 Å². The van der Waals surface area contributed by atoms with Crippen LogP contribution in [0.2, 0.25) is 0 Å². The van der Waals surface area contributed by atoms with Crippen LogP contribution in [0.25, 0.3) is 10.8 Å². The molecule has 0 radical (unpaired) electrons. The van der Waals surface area contributed by atoms with Crippen LogP contribution in [0.3, 0.4) is 0 Å². The average Bonchev–Trinajstić information content (AvgIpc) is 2.79. The van der Waals surface area contributed by atoms with E-state index in [1.807, 2.05) is 36.4 Å². The van der Waals surface area contributed by atoms with Gasteiger partial charge in [0, 0.05) is 36.4 Å². The van der Waals surface area contributed by atoms with Gasteiger partial charge in [0.25, 0.3) is 5.91 Å². The molecule has 1 N–H and O–H groups in total. The van der Waals surface area contributed by atoms with E-state index < -0.39 is 0 Å². The first-order chi connectivity index (χ1) is 14.3. The van der Waals surface area contributed by atoms with Gasteiger partial charge in [-0.15, -0.1) is 0 Å². The zero-order chi connectivity index (χ0) is 19.6. The first-order valence-corrected chi connectivity index (χ1v) is 10.1. The number of ether oxygens (including phenoxy) is 2. The van der Waals surface area contributed by atoms with Crippen LogP contribution in [0.4, 0.5) is 11.5 Å². The molecule has 3 heterocycles. The molecule has 0 atom stereocenters. The second kappa shape index (κ2) is 7.62. The van der Waals surface area contributed by atoms with Crippen molar-refractivity contribution in [2.24, 2.45) is 0 Å². The van der Waals surface area contributed by atoms with E-state index in [2.05, 4.69) is 15.2 Å². The Bertz CT molecular complexity index is 1060. The maximum absolute atomic E-state index is 13.0. The quantitative estimate of drug-likeness (QED) is 0.726. The highest BCUT2D eigenvalue weighted by Crippen LogP contribution is 2.33. The normalized spacial score (nSPS) is 15.9. The fourth-order valence-electron chi connectivity index (χ4n) is 4.04. The van der Waals surface area contributed by atoms with Crippen molar-refractivity contribution in [3.8, 4) is 11.5 Å². The van der Waals surface area contributed by atoms with Crippen molar-refractivity contribution in [2.45, 2.75) is 19.3 Å². The van der Waals surface area contributed by atoms with Crippen LogP contribution in [0.1, 0.15) is 29.6 Å². The van der Waals surface area contributed by atoms with Crippen LogP contribution < -0.4 is 19.7 Å². The van der Waals surface area contributed by atoms with Gasteiger partial charge in [-0.3, -0.25) is 4.79 Å². The Kier molecular flexibility index (Phi) is 4.68. The van der Waals surface area contributed by atoms with Crippen molar-refractivity contribution >= 4 is 28.2 Å². The van der Waals surface area contributed by atoms with E-state index in [1.54, 1.807) is 12.3 Å². The number of hydrogen-bond donors (Lipinski definition) is 1. The molecular formula is C23H23N3O3. The summed E-state index contributed by atoms with van der Waals surface area (Å²) in [6.45, 7) is 3.08. The van der Waals surface area contributed by atoms with Gasteiger partial charge in [0.05, 0.1) is 5.56 Å². The third-order valence-electron chi connectivity index (χ3n) is 5.47. The second-order valence-electron chi connectivity index (χ2n) is 7.40. The molecule has 2 aliphatic rings. The molecule has 148 valence electrons. The Morgan fingerprint density at radius 3 is 2.52 bits per heavy atom. The number of anilines is 2. The molecule has 6 heteroatoms. The minimum atomic E-state index is -0.185. The van der Waals surface area contributed by atoms with Crippen molar-refractivity contribution in [3.05, 3.63) is 54.2 Å². The van der Waals surface area contributed by atoms with Crippen LogP contribution in [0, 0.1) is 0 Å². The molecular weight excluding hydrogens is 366 g/mol. The summed E-state index contributed by atoms with van der Waals surface area (Å²) < 4.78 is 11.2. The second-order valence-corrected chi connectivity index (χ2v) is 7.40. The minimum absolute atomic E-state index is 0.185. The summed E-state index contributed by atoms with van der Waals surface area (Å²) in [5.41, 5.74) is 1.24. The van der Waals surface area contributed by atoms with E-state index in [4.69, 9.17) is 9.47 Å². The summed E-state index contributed by atoms with van der Waals surface area (Å²) in [6, 6.07) is 13.4. The van der Waals surface area contributed by atoms with Gasteiger partial charge in [0.2, 0.25) is 0 Å². The number of carbonyl (C=O) groups excluding carboxylic acids is 1. The topological polar surface area (TPSA) is 63.7 Å². The SMILES string of the molecule is O=C(Nc1ccc2c(c1)OCCO2)c1cnc(N2CCCCC2)c2ccccc12. The number of nitrogens with one attached hydrogen (secondary N) is 1. The third-order valence-corrected chi connectivity index (χ3v) is 5.47. The number of rotatable bonds is 3. The third kappa shape index (κ3) is 3.46. The fraction of sp³-hybridized carbons (Fsp3) is 0.304. The van der Waals surface area contributed by atoms with Gasteiger partial charge in [-0.05, 0) is 36.8 Å². The summed E-state index contributed by atoms with van der Waals surface area (Å²) in [5, 5.41) is 4.90. The van der Waals surface area contributed by atoms with E-state index in [0.717, 1.165) is 29.7 Å². The number of carbonyl (C=O) groups is 1. The number of amides is 1. The molecule has 0 spiro atoms. The van der Waals surface area contributed by atoms with Crippen molar-refractivity contribution in [1.29, 1.82) is 0 Å². The molecule has 1 aromatic heterocycles. The maximum Gasteiger partial charge on any atom is 0.257 e. The summed E-state index contributed by atoms with van der Waals surface area (Å²) in [7, 11) is 0. The van der Waals surface area contributed by atoms with E-state index in [-0.39, 0.29) is 5.91 Å². The van der Waals surface area contributed by atoms with Crippen molar-refractivity contribution in [2.75, 3.05) is 36.5 Å². The van der Waals surface area contributed by atoms with Gasteiger partial charge >= 0.3 is 0 Å². The van der Waals surface area contributed by atoms with Crippen LogP contribution in [-0.4, -0.2) is 37.2 Å². The highest BCUT2D eigenvalue weighted by molar-refractivity contribution is 6.14.